The van der Waals surface area contributed by atoms with E-state index in [1.165, 1.54) is 18.2 Å². The molecule has 4 aliphatic rings. The molecule has 2 aromatic heterocycles. The van der Waals surface area contributed by atoms with Gasteiger partial charge in [-0.1, -0.05) is 13.0 Å². The first-order valence-electron chi connectivity index (χ1n) is 16.3. The number of fused-ring (bicyclic) bond motifs is 4. The summed E-state index contributed by atoms with van der Waals surface area (Å²) < 4.78 is 68.5. The summed E-state index contributed by atoms with van der Waals surface area (Å²) in [7, 11) is 0. The van der Waals surface area contributed by atoms with E-state index in [2.05, 4.69) is 15.2 Å². The van der Waals surface area contributed by atoms with Crippen molar-refractivity contribution in [2.24, 2.45) is 0 Å². The van der Waals surface area contributed by atoms with Gasteiger partial charge in [0.15, 0.2) is 18.4 Å². The van der Waals surface area contributed by atoms with Gasteiger partial charge < -0.3 is 14.7 Å². The highest BCUT2D eigenvalue weighted by molar-refractivity contribution is 6.02. The van der Waals surface area contributed by atoms with Crippen molar-refractivity contribution < 1.29 is 27.4 Å². The van der Waals surface area contributed by atoms with Crippen LogP contribution in [-0.4, -0.2) is 75.4 Å². The standard InChI is InChI=1S/C34H36F4N6O2/c1-2-20-22(35)9-8-18-14-19(45)15-21(26(18)20)29-28(37)30-27-23(39-29)6-3-7-24-31(38)40-25(36)16-44(24)32(27)42-33(41-30)46-17-34-10-4-12-43(34)13-5-11-34/h8-9,14-15,24-25,31,40,45H,2-7,10-13,16-17H2,1H3. The van der Waals surface area contributed by atoms with Gasteiger partial charge in [-0.25, -0.2) is 22.5 Å². The summed E-state index contributed by atoms with van der Waals surface area (Å²) in [6.07, 6.45) is 2.36. The third-order valence-electron chi connectivity index (χ3n) is 10.5. The van der Waals surface area contributed by atoms with Gasteiger partial charge in [-0.15, -0.1) is 0 Å². The molecule has 8 nitrogen and oxygen atoms in total. The number of hydrogen-bond donors (Lipinski definition) is 2. The number of anilines is 1. The lowest BCUT2D eigenvalue weighted by Crippen LogP contribution is -2.60. The van der Waals surface area contributed by atoms with E-state index in [1.807, 2.05) is 6.92 Å². The van der Waals surface area contributed by atoms with E-state index in [1.54, 1.807) is 11.0 Å². The maximum absolute atomic E-state index is 17.0. The van der Waals surface area contributed by atoms with E-state index in [-0.39, 0.29) is 51.8 Å². The van der Waals surface area contributed by atoms with Crippen LogP contribution in [0.5, 0.6) is 11.8 Å². The number of aromatic nitrogens is 3. The van der Waals surface area contributed by atoms with Crippen molar-refractivity contribution in [1.29, 1.82) is 0 Å². The zero-order valence-electron chi connectivity index (χ0n) is 25.6. The number of hydrogen-bond acceptors (Lipinski definition) is 8. The summed E-state index contributed by atoms with van der Waals surface area (Å²) in [5.74, 6) is -1.15. The smallest absolute Gasteiger partial charge is 0.319 e. The second-order valence-corrected chi connectivity index (χ2v) is 13.1. The molecule has 12 heteroatoms. The summed E-state index contributed by atoms with van der Waals surface area (Å²) in [4.78, 5) is 18.1. The number of halogens is 4. The molecule has 3 unspecified atom stereocenters. The normalized spacial score (nSPS) is 24.2. The summed E-state index contributed by atoms with van der Waals surface area (Å²) in [6, 6.07) is 5.01. The number of aryl methyl sites for hydroxylation is 2. The SMILES string of the molecule is CCc1c(F)ccc2cc(O)cc(-c3nc4c5c(nc(OCC67CCCN6CCC7)nc5c3F)N3CC(F)NC(F)C3CCC4)c12. The van der Waals surface area contributed by atoms with Gasteiger partial charge in [-0.05, 0) is 99.0 Å². The quantitative estimate of drug-likeness (QED) is 0.201. The number of phenols is 1. The largest absolute Gasteiger partial charge is 0.508 e. The Kier molecular flexibility index (Phi) is 7.20. The van der Waals surface area contributed by atoms with Crippen LogP contribution in [0.25, 0.3) is 32.9 Å². The second-order valence-electron chi connectivity index (χ2n) is 13.1. The lowest BCUT2D eigenvalue weighted by atomic mass is 9.93. The number of nitrogens with zero attached hydrogens (tertiary/aromatic N) is 5. The molecule has 3 saturated heterocycles. The summed E-state index contributed by atoms with van der Waals surface area (Å²) in [5.41, 5.74) is 0.795. The van der Waals surface area contributed by atoms with Crippen molar-refractivity contribution in [3.05, 3.63) is 47.2 Å². The fraction of sp³-hybridized carbons (Fsp3) is 0.500. The van der Waals surface area contributed by atoms with Crippen LogP contribution >= 0.6 is 0 Å². The number of alkyl halides is 2. The van der Waals surface area contributed by atoms with Crippen LogP contribution in [0.1, 0.15) is 56.7 Å². The molecule has 0 saturated carbocycles. The highest BCUT2D eigenvalue weighted by Crippen LogP contribution is 2.43. The Labute approximate surface area is 263 Å². The van der Waals surface area contributed by atoms with E-state index < -0.39 is 30.3 Å². The van der Waals surface area contributed by atoms with Gasteiger partial charge in [0.25, 0.3) is 0 Å². The molecule has 0 aliphatic carbocycles. The van der Waals surface area contributed by atoms with Crippen LogP contribution in [0.4, 0.5) is 23.4 Å². The number of ether oxygens (including phenoxy) is 1. The molecule has 0 amide bonds. The van der Waals surface area contributed by atoms with Crippen LogP contribution < -0.4 is 15.0 Å². The molecule has 3 atom stereocenters. The van der Waals surface area contributed by atoms with Gasteiger partial charge in [0.05, 0.1) is 29.2 Å². The van der Waals surface area contributed by atoms with E-state index >= 15 is 13.2 Å². The molecule has 2 aromatic carbocycles. The molecule has 6 heterocycles. The molecule has 3 fully saturated rings. The van der Waals surface area contributed by atoms with Crippen LogP contribution in [0.3, 0.4) is 0 Å². The monoisotopic (exact) mass is 636 g/mol. The number of rotatable bonds is 5. The molecular formula is C34H36F4N6O2. The van der Waals surface area contributed by atoms with E-state index in [0.29, 0.717) is 54.3 Å². The number of pyridine rings is 1. The highest BCUT2D eigenvalue weighted by Gasteiger charge is 2.45. The predicted molar refractivity (Wildman–Crippen MR) is 167 cm³/mol. The lowest BCUT2D eigenvalue weighted by Gasteiger charge is -2.42. The van der Waals surface area contributed by atoms with Crippen LogP contribution in [0.2, 0.25) is 0 Å². The summed E-state index contributed by atoms with van der Waals surface area (Å²) in [5, 5.41) is 14.3. The third-order valence-corrected chi connectivity index (χ3v) is 10.5. The van der Waals surface area contributed by atoms with Gasteiger partial charge in [0.2, 0.25) is 0 Å². The van der Waals surface area contributed by atoms with Crippen molar-refractivity contribution in [3.63, 3.8) is 0 Å². The van der Waals surface area contributed by atoms with E-state index in [9.17, 15) is 9.50 Å². The Balaban J connectivity index is 1.35. The fourth-order valence-corrected chi connectivity index (χ4v) is 8.36. The molecule has 8 rings (SSSR count). The Morgan fingerprint density at radius 3 is 2.63 bits per heavy atom. The zero-order valence-corrected chi connectivity index (χ0v) is 25.6. The molecular weight excluding hydrogens is 600 g/mol. The summed E-state index contributed by atoms with van der Waals surface area (Å²) in [6.45, 7) is 3.94. The van der Waals surface area contributed by atoms with Crippen molar-refractivity contribution in [3.8, 4) is 23.0 Å². The molecule has 4 aromatic rings. The minimum absolute atomic E-state index is 0.0673. The Morgan fingerprint density at radius 1 is 1.04 bits per heavy atom. The van der Waals surface area contributed by atoms with E-state index in [4.69, 9.17) is 14.7 Å². The van der Waals surface area contributed by atoms with Crippen LogP contribution in [0.15, 0.2) is 24.3 Å². The first-order valence-corrected chi connectivity index (χ1v) is 16.3. The van der Waals surface area contributed by atoms with Crippen molar-refractivity contribution >= 4 is 27.5 Å². The molecule has 2 N–H and O–H groups in total. The predicted octanol–water partition coefficient (Wildman–Crippen LogP) is 6.10. The van der Waals surface area contributed by atoms with Crippen LogP contribution in [-0.2, 0) is 12.8 Å². The molecule has 0 spiro atoms. The average molecular weight is 637 g/mol. The Morgan fingerprint density at radius 2 is 1.85 bits per heavy atom. The average Bonchev–Trinajstić information content (AvgIpc) is 3.61. The molecule has 0 bridgehead atoms. The summed E-state index contributed by atoms with van der Waals surface area (Å²) >= 11 is 0. The maximum atomic E-state index is 17.0. The Bertz CT molecular complexity index is 1850. The Hall–Kier alpha value is -3.77. The number of phenolic OH excluding ortho intramolecular Hbond substituents is 1. The van der Waals surface area contributed by atoms with Gasteiger partial charge in [-0.3, -0.25) is 10.2 Å². The topological polar surface area (TPSA) is 86.6 Å². The van der Waals surface area contributed by atoms with Gasteiger partial charge in [0.1, 0.15) is 35.2 Å². The van der Waals surface area contributed by atoms with Gasteiger partial charge >= 0.3 is 6.01 Å². The second kappa shape index (κ2) is 11.2. The highest BCUT2D eigenvalue weighted by atomic mass is 19.2. The van der Waals surface area contributed by atoms with Crippen molar-refractivity contribution in [1.82, 2.24) is 25.2 Å². The maximum Gasteiger partial charge on any atom is 0.319 e. The lowest BCUT2D eigenvalue weighted by molar-refractivity contribution is 0.102. The van der Waals surface area contributed by atoms with E-state index in [0.717, 1.165) is 38.8 Å². The molecule has 0 radical (unpaired) electrons. The zero-order chi connectivity index (χ0) is 31.7. The van der Waals surface area contributed by atoms with Crippen LogP contribution in [0, 0.1) is 11.6 Å². The first-order chi connectivity index (χ1) is 22.3. The number of aromatic hydroxyl groups is 1. The van der Waals surface area contributed by atoms with Gasteiger partial charge in [0, 0.05) is 5.56 Å². The fourth-order valence-electron chi connectivity index (χ4n) is 8.36. The minimum Gasteiger partial charge on any atom is -0.508 e. The molecule has 46 heavy (non-hydrogen) atoms. The molecule has 242 valence electrons. The number of nitrogens with one attached hydrogen (secondary N) is 1. The van der Waals surface area contributed by atoms with Crippen molar-refractivity contribution in [2.45, 2.75) is 82.5 Å². The third kappa shape index (κ3) is 4.66. The number of benzene rings is 2. The molecule has 4 aliphatic heterocycles. The number of piperazine rings is 1. The first kappa shape index (κ1) is 29.6. The minimum atomic E-state index is -1.66. The van der Waals surface area contributed by atoms with Gasteiger partial charge in [-0.2, -0.15) is 9.97 Å². The van der Waals surface area contributed by atoms with Crippen molar-refractivity contribution in [2.75, 3.05) is 31.1 Å².